The molecule has 0 aromatic carbocycles. The first-order valence-electron chi connectivity index (χ1n) is 2.61. The highest BCUT2D eigenvalue weighted by molar-refractivity contribution is 14.1. The summed E-state index contributed by atoms with van der Waals surface area (Å²) in [6, 6.07) is 0. The molecule has 0 aliphatic heterocycles. The second-order valence-electron chi connectivity index (χ2n) is 1.73. The van der Waals surface area contributed by atoms with E-state index in [4.69, 9.17) is 0 Å². The van der Waals surface area contributed by atoms with Gasteiger partial charge in [-0.2, -0.15) is 0 Å². The molecule has 0 bridgehead atoms. The fourth-order valence-corrected chi connectivity index (χ4v) is 1.10. The molecule has 10 heavy (non-hydrogen) atoms. The fraction of sp³-hybridized carbons (Fsp3) is 0.200. The Balaban J connectivity index is 3.34. The van der Waals surface area contributed by atoms with Gasteiger partial charge < -0.3 is 4.98 Å². The van der Waals surface area contributed by atoms with E-state index in [1.54, 1.807) is 0 Å². The molecule has 1 aromatic rings. The molecule has 0 aliphatic carbocycles. The van der Waals surface area contributed by atoms with Crippen LogP contribution in [0.1, 0.15) is 5.56 Å². The average molecular weight is 252 g/mol. The molecular weight excluding hydrogens is 247 g/mol. The summed E-state index contributed by atoms with van der Waals surface area (Å²) in [5.74, 6) is 0. The molecule has 0 atom stereocenters. The van der Waals surface area contributed by atoms with Crippen molar-refractivity contribution < 1.29 is 0 Å². The number of H-pyrrole nitrogens is 2. The molecule has 0 spiro atoms. The zero-order chi connectivity index (χ0) is 7.56. The summed E-state index contributed by atoms with van der Waals surface area (Å²) in [6.07, 6.45) is 1.42. The summed E-state index contributed by atoms with van der Waals surface area (Å²) in [5, 5.41) is 0. The minimum Gasteiger partial charge on any atom is -0.314 e. The molecule has 1 rings (SSSR count). The van der Waals surface area contributed by atoms with Crippen molar-refractivity contribution in [2.24, 2.45) is 0 Å². The van der Waals surface area contributed by atoms with E-state index in [2.05, 4.69) is 9.97 Å². The van der Waals surface area contributed by atoms with Crippen molar-refractivity contribution >= 4 is 22.6 Å². The van der Waals surface area contributed by atoms with Crippen LogP contribution in [-0.4, -0.2) is 9.97 Å². The Morgan fingerprint density at radius 1 is 1.50 bits per heavy atom. The highest BCUT2D eigenvalue weighted by Gasteiger charge is 1.94. The molecule has 1 heterocycles. The minimum atomic E-state index is -0.460. The number of nitrogens with one attached hydrogen (secondary N) is 2. The molecule has 0 fully saturated rings. The summed E-state index contributed by atoms with van der Waals surface area (Å²) in [7, 11) is 0. The van der Waals surface area contributed by atoms with E-state index in [9.17, 15) is 9.59 Å². The second kappa shape index (κ2) is 3.00. The predicted molar refractivity (Wildman–Crippen MR) is 45.4 cm³/mol. The van der Waals surface area contributed by atoms with Gasteiger partial charge in [0.25, 0.3) is 5.56 Å². The maximum Gasteiger partial charge on any atom is 0.325 e. The first-order valence-corrected chi connectivity index (χ1v) is 4.13. The maximum absolute atomic E-state index is 10.8. The average Bonchev–Trinajstić information content (AvgIpc) is 1.88. The van der Waals surface area contributed by atoms with Crippen LogP contribution in [0.4, 0.5) is 0 Å². The molecule has 0 radical (unpaired) electrons. The van der Waals surface area contributed by atoms with E-state index in [0.29, 0.717) is 9.99 Å². The van der Waals surface area contributed by atoms with Crippen LogP contribution in [0, 0.1) is 0 Å². The van der Waals surface area contributed by atoms with Gasteiger partial charge in [-0.25, -0.2) is 4.79 Å². The molecule has 2 N–H and O–H groups in total. The van der Waals surface area contributed by atoms with E-state index in [1.165, 1.54) is 6.20 Å². The van der Waals surface area contributed by atoms with Crippen molar-refractivity contribution in [1.82, 2.24) is 9.97 Å². The van der Waals surface area contributed by atoms with Crippen LogP contribution in [0.3, 0.4) is 0 Å². The number of hydrogen-bond donors (Lipinski definition) is 2. The lowest BCUT2D eigenvalue weighted by atomic mass is 10.4. The lowest BCUT2D eigenvalue weighted by Gasteiger charge is -1.88. The van der Waals surface area contributed by atoms with Gasteiger partial charge in [-0.3, -0.25) is 9.78 Å². The van der Waals surface area contributed by atoms with Gasteiger partial charge in [0.2, 0.25) is 0 Å². The van der Waals surface area contributed by atoms with Gasteiger partial charge >= 0.3 is 5.69 Å². The Labute approximate surface area is 69.8 Å². The zero-order valence-corrected chi connectivity index (χ0v) is 7.14. The van der Waals surface area contributed by atoms with Gasteiger partial charge in [0.15, 0.2) is 0 Å². The van der Waals surface area contributed by atoms with E-state index < -0.39 is 5.69 Å². The lowest BCUT2D eigenvalue weighted by Crippen LogP contribution is -2.23. The van der Waals surface area contributed by atoms with Crippen LogP contribution in [0.25, 0.3) is 0 Å². The topological polar surface area (TPSA) is 65.7 Å². The number of hydrogen-bond acceptors (Lipinski definition) is 2. The molecule has 0 saturated heterocycles. The molecule has 54 valence electrons. The Hall–Kier alpha value is -0.590. The lowest BCUT2D eigenvalue weighted by molar-refractivity contribution is 1.00. The normalized spacial score (nSPS) is 9.70. The molecule has 5 heteroatoms. The molecular formula is C5H5IN2O2. The fourth-order valence-electron chi connectivity index (χ4n) is 0.537. The number of aromatic nitrogens is 2. The molecule has 0 unspecified atom stereocenters. The predicted octanol–water partition coefficient (Wildman–Crippen LogP) is -0.00180. The van der Waals surface area contributed by atoms with E-state index in [1.807, 2.05) is 22.6 Å². The largest absolute Gasteiger partial charge is 0.325 e. The standard InChI is InChI=1S/C5H5IN2O2/c6-1-3-2-7-5(10)8-4(3)9/h2H,1H2,(H2,7,8,9,10). The molecule has 1 aromatic heterocycles. The van der Waals surface area contributed by atoms with Crippen molar-refractivity contribution in [2.75, 3.05) is 0 Å². The minimum absolute atomic E-state index is 0.307. The van der Waals surface area contributed by atoms with Crippen LogP contribution < -0.4 is 11.2 Å². The highest BCUT2D eigenvalue weighted by Crippen LogP contribution is 1.93. The van der Waals surface area contributed by atoms with Crippen LogP contribution in [0.5, 0.6) is 0 Å². The SMILES string of the molecule is O=c1[nH]cc(CI)c(=O)[nH]1. The smallest absolute Gasteiger partial charge is 0.314 e. The van der Waals surface area contributed by atoms with Gasteiger partial charge in [-0.1, -0.05) is 22.6 Å². The van der Waals surface area contributed by atoms with E-state index in [-0.39, 0.29) is 5.56 Å². The Kier molecular flexibility index (Phi) is 2.25. The van der Waals surface area contributed by atoms with Crippen LogP contribution in [0.15, 0.2) is 15.8 Å². The summed E-state index contributed by atoms with van der Waals surface area (Å²) < 4.78 is 0.601. The Morgan fingerprint density at radius 3 is 2.70 bits per heavy atom. The number of alkyl halides is 1. The molecule has 0 amide bonds. The summed E-state index contributed by atoms with van der Waals surface area (Å²) in [5.41, 5.74) is -0.183. The number of halogens is 1. The quantitative estimate of drug-likeness (QED) is 0.545. The van der Waals surface area contributed by atoms with Crippen LogP contribution in [-0.2, 0) is 4.43 Å². The third-order valence-electron chi connectivity index (χ3n) is 1.04. The van der Waals surface area contributed by atoms with Crippen molar-refractivity contribution in [1.29, 1.82) is 0 Å². The summed E-state index contributed by atoms with van der Waals surface area (Å²) in [4.78, 5) is 25.7. The van der Waals surface area contributed by atoms with Gasteiger partial charge in [0, 0.05) is 16.2 Å². The van der Waals surface area contributed by atoms with Gasteiger partial charge in [0.05, 0.1) is 0 Å². The number of rotatable bonds is 1. The van der Waals surface area contributed by atoms with E-state index in [0.717, 1.165) is 0 Å². The summed E-state index contributed by atoms with van der Waals surface area (Å²) >= 11 is 2.05. The van der Waals surface area contributed by atoms with Crippen molar-refractivity contribution in [2.45, 2.75) is 4.43 Å². The third-order valence-corrected chi connectivity index (χ3v) is 1.86. The maximum atomic E-state index is 10.8. The Bertz CT molecular complexity index is 327. The highest BCUT2D eigenvalue weighted by atomic mass is 127. The van der Waals surface area contributed by atoms with Crippen LogP contribution >= 0.6 is 22.6 Å². The van der Waals surface area contributed by atoms with E-state index >= 15 is 0 Å². The molecule has 0 aliphatic rings. The summed E-state index contributed by atoms with van der Waals surface area (Å²) in [6.45, 7) is 0. The Morgan fingerprint density at radius 2 is 2.20 bits per heavy atom. The van der Waals surface area contributed by atoms with Crippen molar-refractivity contribution in [3.05, 3.63) is 32.6 Å². The number of aromatic amines is 2. The molecule has 0 saturated carbocycles. The second-order valence-corrected chi connectivity index (χ2v) is 2.49. The van der Waals surface area contributed by atoms with Gasteiger partial charge in [0.1, 0.15) is 0 Å². The van der Waals surface area contributed by atoms with Gasteiger partial charge in [-0.05, 0) is 0 Å². The van der Waals surface area contributed by atoms with Gasteiger partial charge in [-0.15, -0.1) is 0 Å². The van der Waals surface area contributed by atoms with Crippen molar-refractivity contribution in [3.63, 3.8) is 0 Å². The monoisotopic (exact) mass is 252 g/mol. The third kappa shape index (κ3) is 1.47. The zero-order valence-electron chi connectivity index (χ0n) is 4.98. The molecule has 4 nitrogen and oxygen atoms in total. The first kappa shape index (κ1) is 7.52. The van der Waals surface area contributed by atoms with Crippen molar-refractivity contribution in [3.8, 4) is 0 Å². The first-order chi connectivity index (χ1) is 4.74. The van der Waals surface area contributed by atoms with Crippen LogP contribution in [0.2, 0.25) is 0 Å².